The number of halogens is 3. The first-order valence-corrected chi connectivity index (χ1v) is 10.8. The van der Waals surface area contributed by atoms with Crippen LogP contribution in [0.4, 0.5) is 18.0 Å². The van der Waals surface area contributed by atoms with Gasteiger partial charge in [0.25, 0.3) is 5.91 Å². The van der Waals surface area contributed by atoms with Crippen LogP contribution >= 0.6 is 0 Å². The molecule has 2 aliphatic rings. The quantitative estimate of drug-likeness (QED) is 0.705. The van der Waals surface area contributed by atoms with Crippen LogP contribution in [0.25, 0.3) is 11.1 Å². The zero-order valence-electron chi connectivity index (χ0n) is 18.8. The number of alkyl halides is 3. The molecule has 33 heavy (non-hydrogen) atoms. The molecule has 3 N–H and O–H groups in total. The van der Waals surface area contributed by atoms with Crippen molar-refractivity contribution < 1.29 is 27.5 Å². The van der Waals surface area contributed by atoms with Gasteiger partial charge in [0, 0.05) is 29.9 Å². The van der Waals surface area contributed by atoms with Gasteiger partial charge in [-0.2, -0.15) is 0 Å². The van der Waals surface area contributed by atoms with Gasteiger partial charge in [-0.15, -0.1) is 13.2 Å². The Hall–Kier alpha value is -3.17. The smallest absolute Gasteiger partial charge is 0.406 e. The minimum atomic E-state index is -4.83. The van der Waals surface area contributed by atoms with E-state index in [1.165, 1.54) is 18.2 Å². The molecule has 0 spiro atoms. The van der Waals surface area contributed by atoms with Crippen LogP contribution in [-0.2, 0) is 13.1 Å². The van der Waals surface area contributed by atoms with Gasteiger partial charge in [-0.05, 0) is 57.2 Å². The number of hydrogen-bond donors (Lipinski definition) is 2. The van der Waals surface area contributed by atoms with E-state index in [0.717, 1.165) is 18.5 Å². The van der Waals surface area contributed by atoms with Gasteiger partial charge in [-0.3, -0.25) is 4.79 Å². The number of carbonyl (C=O) groups excluding carboxylic acids is 2. The molecule has 0 unspecified atom stereocenters. The number of fused-ring (bicyclic) bond motifs is 1. The minimum Gasteiger partial charge on any atom is -0.406 e. The molecule has 2 aromatic rings. The zero-order chi connectivity index (χ0) is 24.1. The molecule has 0 bridgehead atoms. The number of nitrogens with two attached hydrogens (primary N) is 1. The van der Waals surface area contributed by atoms with Crippen molar-refractivity contribution in [2.45, 2.75) is 64.5 Å². The number of aromatic nitrogens is 1. The van der Waals surface area contributed by atoms with Crippen molar-refractivity contribution >= 4 is 11.9 Å². The van der Waals surface area contributed by atoms with Gasteiger partial charge in [-0.25, -0.2) is 4.79 Å². The lowest BCUT2D eigenvalue weighted by Crippen LogP contribution is -2.50. The molecule has 1 fully saturated rings. The van der Waals surface area contributed by atoms with Crippen molar-refractivity contribution in [2.24, 2.45) is 5.73 Å². The normalized spacial score (nSPS) is 16.4. The number of nitrogens with one attached hydrogen (secondary N) is 1. The second kappa shape index (κ2) is 8.00. The predicted molar refractivity (Wildman–Crippen MR) is 116 cm³/mol. The van der Waals surface area contributed by atoms with Gasteiger partial charge in [0.1, 0.15) is 5.75 Å². The molecule has 178 valence electrons. The monoisotopic (exact) mass is 464 g/mol. The molecule has 0 radical (unpaired) electrons. The first-order chi connectivity index (χ1) is 15.3. The van der Waals surface area contributed by atoms with Crippen LogP contribution in [0.3, 0.4) is 0 Å². The van der Waals surface area contributed by atoms with Crippen LogP contribution in [0, 0.1) is 0 Å². The molecule has 1 aliphatic heterocycles. The van der Waals surface area contributed by atoms with E-state index in [1.54, 1.807) is 11.0 Å². The summed E-state index contributed by atoms with van der Waals surface area (Å²) in [6.07, 6.45) is -2.99. The van der Waals surface area contributed by atoms with Crippen LogP contribution < -0.4 is 15.8 Å². The van der Waals surface area contributed by atoms with E-state index >= 15 is 0 Å². The largest absolute Gasteiger partial charge is 0.573 e. The summed E-state index contributed by atoms with van der Waals surface area (Å²) in [5.41, 5.74) is 8.07. The summed E-state index contributed by atoms with van der Waals surface area (Å²) in [7, 11) is 0. The number of primary amides is 1. The van der Waals surface area contributed by atoms with Crippen molar-refractivity contribution in [1.82, 2.24) is 14.8 Å². The lowest BCUT2D eigenvalue weighted by Gasteiger charge is -2.33. The topological polar surface area (TPSA) is 89.6 Å². The maximum absolute atomic E-state index is 12.8. The fourth-order valence-corrected chi connectivity index (χ4v) is 4.35. The fraction of sp³-hybridized carbons (Fsp3) is 0.478. The third-order valence-corrected chi connectivity index (χ3v) is 5.68. The summed E-state index contributed by atoms with van der Waals surface area (Å²) >= 11 is 0. The lowest BCUT2D eigenvalue weighted by atomic mass is 9.97. The van der Waals surface area contributed by atoms with Gasteiger partial charge in [0.2, 0.25) is 0 Å². The average molecular weight is 464 g/mol. The molecule has 1 aromatic heterocycles. The Morgan fingerprint density at radius 3 is 2.42 bits per heavy atom. The number of hydrogen-bond acceptors (Lipinski definition) is 3. The number of nitrogens with zero attached hydrogens (tertiary/aromatic N) is 2. The molecule has 1 aliphatic carbocycles. The van der Waals surface area contributed by atoms with Crippen molar-refractivity contribution in [3.05, 3.63) is 41.2 Å². The Bertz CT molecular complexity index is 1100. The highest BCUT2D eigenvalue weighted by molar-refractivity contribution is 6.02. The second-order valence-corrected chi connectivity index (χ2v) is 9.55. The van der Waals surface area contributed by atoms with Gasteiger partial charge in [0.05, 0.1) is 17.8 Å². The van der Waals surface area contributed by atoms with E-state index in [9.17, 15) is 22.8 Å². The number of benzene rings is 1. The van der Waals surface area contributed by atoms with Crippen molar-refractivity contribution in [3.63, 3.8) is 0 Å². The van der Waals surface area contributed by atoms with E-state index in [1.807, 2.05) is 25.3 Å². The van der Waals surface area contributed by atoms with Crippen LogP contribution in [0.2, 0.25) is 0 Å². The number of ether oxygens (including phenoxy) is 1. The highest BCUT2D eigenvalue weighted by Gasteiger charge is 2.39. The van der Waals surface area contributed by atoms with Crippen LogP contribution in [0.1, 0.15) is 61.3 Å². The number of urea groups is 1. The molecule has 2 heterocycles. The molecule has 10 heteroatoms. The van der Waals surface area contributed by atoms with Crippen LogP contribution in [-0.4, -0.2) is 39.9 Å². The summed E-state index contributed by atoms with van der Waals surface area (Å²) in [6, 6.07) is 5.34. The summed E-state index contributed by atoms with van der Waals surface area (Å²) in [6.45, 7) is 6.73. The highest BCUT2D eigenvalue weighted by Crippen LogP contribution is 2.49. The predicted octanol–water partition coefficient (Wildman–Crippen LogP) is 4.35. The van der Waals surface area contributed by atoms with Crippen molar-refractivity contribution in [1.29, 1.82) is 0 Å². The SMILES string of the molecule is CC(C)(C)NC(=O)N1CCn2c(c(C(N)=O)c(-c3cccc(OC(F)(F)F)c3)c2C2CC2)C1. The van der Waals surface area contributed by atoms with E-state index in [0.29, 0.717) is 29.9 Å². The Labute approximate surface area is 189 Å². The fourth-order valence-electron chi connectivity index (χ4n) is 4.35. The van der Waals surface area contributed by atoms with E-state index < -0.39 is 17.8 Å². The zero-order valence-corrected chi connectivity index (χ0v) is 18.8. The Balaban J connectivity index is 1.80. The van der Waals surface area contributed by atoms with Gasteiger partial charge >= 0.3 is 12.4 Å². The molecule has 7 nitrogen and oxygen atoms in total. The Morgan fingerprint density at radius 2 is 1.85 bits per heavy atom. The third kappa shape index (κ3) is 4.94. The Morgan fingerprint density at radius 1 is 1.15 bits per heavy atom. The van der Waals surface area contributed by atoms with Crippen LogP contribution in [0.5, 0.6) is 5.75 Å². The number of rotatable bonds is 4. The van der Waals surface area contributed by atoms with Crippen molar-refractivity contribution in [3.8, 4) is 16.9 Å². The van der Waals surface area contributed by atoms with E-state index in [4.69, 9.17) is 5.73 Å². The Kier molecular flexibility index (Phi) is 5.58. The number of carbonyl (C=O) groups is 2. The molecule has 3 amide bonds. The maximum atomic E-state index is 12.8. The van der Waals surface area contributed by atoms with Gasteiger partial charge in [0.15, 0.2) is 0 Å². The summed E-state index contributed by atoms with van der Waals surface area (Å²) in [4.78, 5) is 27.0. The van der Waals surface area contributed by atoms with E-state index in [2.05, 4.69) is 10.1 Å². The molecule has 0 atom stereocenters. The molecule has 1 aromatic carbocycles. The molecule has 0 saturated heterocycles. The summed E-state index contributed by atoms with van der Waals surface area (Å²) in [5.74, 6) is -0.859. The lowest BCUT2D eigenvalue weighted by molar-refractivity contribution is -0.274. The number of amides is 3. The third-order valence-electron chi connectivity index (χ3n) is 5.68. The molecule has 1 saturated carbocycles. The summed E-state index contributed by atoms with van der Waals surface area (Å²) in [5, 5.41) is 2.92. The van der Waals surface area contributed by atoms with Gasteiger partial charge < -0.3 is 25.3 Å². The molecular formula is C23H27F3N4O3. The highest BCUT2D eigenvalue weighted by atomic mass is 19.4. The maximum Gasteiger partial charge on any atom is 0.573 e. The standard InChI is InChI=1S/C23H27F3N4O3/c1-22(2,3)28-21(32)29-9-10-30-16(12-29)18(20(27)31)17(19(30)13-7-8-13)14-5-4-6-15(11-14)33-23(24,25)26/h4-6,11,13H,7-10,12H2,1-3H3,(H2,27,31)(H,28,32). The molecular weight excluding hydrogens is 437 g/mol. The van der Waals surface area contributed by atoms with Crippen LogP contribution in [0.15, 0.2) is 24.3 Å². The first kappa shape index (κ1) is 23.0. The van der Waals surface area contributed by atoms with E-state index in [-0.39, 0.29) is 29.8 Å². The summed E-state index contributed by atoms with van der Waals surface area (Å²) < 4.78 is 44.4. The molecule has 4 rings (SSSR count). The minimum absolute atomic E-state index is 0.179. The average Bonchev–Trinajstić information content (AvgIpc) is 3.45. The van der Waals surface area contributed by atoms with Gasteiger partial charge in [-0.1, -0.05) is 12.1 Å². The van der Waals surface area contributed by atoms with Crippen molar-refractivity contribution in [2.75, 3.05) is 6.54 Å². The first-order valence-electron chi connectivity index (χ1n) is 10.8. The second-order valence-electron chi connectivity index (χ2n) is 9.55.